The Morgan fingerprint density at radius 3 is 2.76 bits per heavy atom. The average molecular weight is 337 g/mol. The van der Waals surface area contributed by atoms with Gasteiger partial charge in [-0.1, -0.05) is 46.7 Å². The lowest BCUT2D eigenvalue weighted by molar-refractivity contribution is 1.05. The van der Waals surface area contributed by atoms with Crippen molar-refractivity contribution in [2.75, 3.05) is 5.32 Å². The summed E-state index contributed by atoms with van der Waals surface area (Å²) in [4.78, 5) is 4.25. The number of nitrogens with one attached hydrogen (secondary N) is 1. The maximum absolute atomic E-state index is 6.13. The highest BCUT2D eigenvalue weighted by molar-refractivity contribution is 7.18. The number of hydrogen-bond acceptors (Lipinski definition) is 5. The van der Waals surface area contributed by atoms with Gasteiger partial charge in [0.05, 0.1) is 0 Å². The molecule has 0 radical (unpaired) electrons. The quantitative estimate of drug-likeness (QED) is 0.760. The van der Waals surface area contributed by atoms with Crippen LogP contribution in [0.5, 0.6) is 0 Å². The lowest BCUT2D eigenvalue weighted by atomic mass is 10.2. The van der Waals surface area contributed by atoms with Crippen LogP contribution in [0.2, 0.25) is 10.0 Å². The van der Waals surface area contributed by atoms with Crippen LogP contribution >= 0.6 is 34.5 Å². The second-order valence-corrected chi connectivity index (χ2v) is 6.04. The first-order valence-corrected chi connectivity index (χ1v) is 7.72. The van der Waals surface area contributed by atoms with Gasteiger partial charge in [0.1, 0.15) is 5.69 Å². The van der Waals surface area contributed by atoms with Crippen LogP contribution in [0.15, 0.2) is 42.6 Å². The second kappa shape index (κ2) is 6.39. The molecule has 0 saturated carbocycles. The molecule has 1 aromatic carbocycles. The third kappa shape index (κ3) is 3.50. The molecule has 21 heavy (non-hydrogen) atoms. The normalized spacial score (nSPS) is 10.6. The predicted molar refractivity (Wildman–Crippen MR) is 86.9 cm³/mol. The Bertz CT molecular complexity index is 746. The minimum atomic E-state index is 0.562. The van der Waals surface area contributed by atoms with Crippen molar-refractivity contribution in [3.8, 4) is 10.7 Å². The molecule has 3 rings (SSSR count). The van der Waals surface area contributed by atoms with Crippen molar-refractivity contribution < 1.29 is 0 Å². The number of nitrogens with zero attached hydrogens (tertiary/aromatic N) is 3. The lowest BCUT2D eigenvalue weighted by Gasteiger charge is -2.05. The highest BCUT2D eigenvalue weighted by atomic mass is 35.5. The molecule has 0 saturated heterocycles. The maximum atomic E-state index is 6.13. The second-order valence-electron chi connectivity index (χ2n) is 4.22. The predicted octanol–water partition coefficient (Wildman–Crippen LogP) is 4.52. The first-order valence-electron chi connectivity index (χ1n) is 6.15. The number of rotatable bonds is 4. The van der Waals surface area contributed by atoms with E-state index < -0.39 is 0 Å². The van der Waals surface area contributed by atoms with Crippen LogP contribution in [0, 0.1) is 0 Å². The molecule has 7 heteroatoms. The van der Waals surface area contributed by atoms with Crippen LogP contribution in [0.1, 0.15) is 5.56 Å². The standard InChI is InChI=1S/C14H10Cl2N4S/c15-10-5-4-9(11(16)7-10)8-18-14-20-19-13(21-14)12-3-1-2-6-17-12/h1-7H,8H2,(H,18,20). The maximum Gasteiger partial charge on any atom is 0.206 e. The Labute approximate surface area is 135 Å². The molecule has 0 aliphatic heterocycles. The van der Waals surface area contributed by atoms with E-state index in [0.717, 1.165) is 21.4 Å². The van der Waals surface area contributed by atoms with Gasteiger partial charge in [0, 0.05) is 22.8 Å². The summed E-state index contributed by atoms with van der Waals surface area (Å²) < 4.78 is 0. The first kappa shape index (κ1) is 14.3. The Balaban J connectivity index is 1.70. The molecular formula is C14H10Cl2N4S. The number of hydrogen-bond donors (Lipinski definition) is 1. The lowest BCUT2D eigenvalue weighted by Crippen LogP contribution is -1.99. The van der Waals surface area contributed by atoms with Crippen LogP contribution in [-0.4, -0.2) is 15.2 Å². The summed E-state index contributed by atoms with van der Waals surface area (Å²) in [6.45, 7) is 0.562. The Morgan fingerprint density at radius 1 is 1.10 bits per heavy atom. The van der Waals surface area contributed by atoms with Crippen LogP contribution in [0.4, 0.5) is 5.13 Å². The summed E-state index contributed by atoms with van der Waals surface area (Å²) in [7, 11) is 0. The molecule has 0 spiro atoms. The molecule has 106 valence electrons. The van der Waals surface area contributed by atoms with Gasteiger partial charge in [-0.25, -0.2) is 0 Å². The van der Waals surface area contributed by atoms with Gasteiger partial charge >= 0.3 is 0 Å². The monoisotopic (exact) mass is 336 g/mol. The minimum absolute atomic E-state index is 0.562. The molecule has 0 atom stereocenters. The summed E-state index contributed by atoms with van der Waals surface area (Å²) in [6.07, 6.45) is 1.73. The highest BCUT2D eigenvalue weighted by Crippen LogP contribution is 2.26. The van der Waals surface area contributed by atoms with E-state index in [1.54, 1.807) is 12.3 Å². The van der Waals surface area contributed by atoms with Crippen LogP contribution in [0.3, 0.4) is 0 Å². The summed E-state index contributed by atoms with van der Waals surface area (Å²) in [5.74, 6) is 0. The fourth-order valence-electron chi connectivity index (χ4n) is 1.72. The van der Waals surface area contributed by atoms with Gasteiger partial charge in [-0.2, -0.15) is 0 Å². The fourth-order valence-corrected chi connectivity index (χ4v) is 2.91. The van der Waals surface area contributed by atoms with Crippen molar-refractivity contribution in [2.45, 2.75) is 6.54 Å². The number of pyridine rings is 1. The van der Waals surface area contributed by atoms with E-state index in [1.165, 1.54) is 11.3 Å². The molecule has 0 amide bonds. The third-order valence-corrected chi connectivity index (χ3v) is 4.24. The zero-order valence-corrected chi connectivity index (χ0v) is 13.1. The van der Waals surface area contributed by atoms with Gasteiger partial charge in [-0.3, -0.25) is 4.98 Å². The first-order chi connectivity index (χ1) is 10.2. The molecule has 0 aliphatic rings. The molecule has 4 nitrogen and oxygen atoms in total. The fraction of sp³-hybridized carbons (Fsp3) is 0.0714. The largest absolute Gasteiger partial charge is 0.356 e. The summed E-state index contributed by atoms with van der Waals surface area (Å²) in [5.41, 5.74) is 1.77. The van der Waals surface area contributed by atoms with E-state index in [2.05, 4.69) is 20.5 Å². The minimum Gasteiger partial charge on any atom is -0.356 e. The van der Waals surface area contributed by atoms with Crippen molar-refractivity contribution in [1.29, 1.82) is 0 Å². The number of halogens is 2. The molecule has 0 fully saturated rings. The molecule has 2 aromatic heterocycles. The van der Waals surface area contributed by atoms with Crippen molar-refractivity contribution in [1.82, 2.24) is 15.2 Å². The van der Waals surface area contributed by atoms with Crippen LogP contribution < -0.4 is 5.32 Å². The van der Waals surface area contributed by atoms with Crippen LogP contribution in [0.25, 0.3) is 10.7 Å². The Kier molecular flexibility index (Phi) is 4.34. The van der Waals surface area contributed by atoms with E-state index in [4.69, 9.17) is 23.2 Å². The van der Waals surface area contributed by atoms with Crippen molar-refractivity contribution >= 4 is 39.7 Å². The Hall–Kier alpha value is -1.69. The third-order valence-electron chi connectivity index (χ3n) is 2.75. The number of aromatic nitrogens is 3. The Morgan fingerprint density at radius 2 is 2.00 bits per heavy atom. The van der Waals surface area contributed by atoms with Gasteiger partial charge in [0.15, 0.2) is 5.01 Å². The van der Waals surface area contributed by atoms with Gasteiger partial charge in [0.25, 0.3) is 0 Å². The summed E-state index contributed by atoms with van der Waals surface area (Å²) in [5, 5.41) is 14.2. The molecular weight excluding hydrogens is 327 g/mol. The molecule has 0 bridgehead atoms. The average Bonchev–Trinajstić information content (AvgIpc) is 2.96. The van der Waals surface area contributed by atoms with E-state index in [0.29, 0.717) is 16.6 Å². The zero-order chi connectivity index (χ0) is 14.7. The molecule has 2 heterocycles. The highest BCUT2D eigenvalue weighted by Gasteiger charge is 2.08. The molecule has 0 unspecified atom stereocenters. The summed E-state index contributed by atoms with van der Waals surface area (Å²) in [6, 6.07) is 11.1. The molecule has 1 N–H and O–H groups in total. The molecule has 3 aromatic rings. The van der Waals surface area contributed by atoms with Crippen molar-refractivity contribution in [3.05, 3.63) is 58.2 Å². The van der Waals surface area contributed by atoms with E-state index in [9.17, 15) is 0 Å². The summed E-state index contributed by atoms with van der Waals surface area (Å²) >= 11 is 13.5. The van der Waals surface area contributed by atoms with Gasteiger partial charge in [-0.05, 0) is 29.8 Å². The van der Waals surface area contributed by atoms with Crippen molar-refractivity contribution in [3.63, 3.8) is 0 Å². The van der Waals surface area contributed by atoms with E-state index in [-0.39, 0.29) is 0 Å². The van der Waals surface area contributed by atoms with Crippen molar-refractivity contribution in [2.24, 2.45) is 0 Å². The smallest absolute Gasteiger partial charge is 0.206 e. The van der Waals surface area contributed by atoms with Crippen LogP contribution in [-0.2, 0) is 6.54 Å². The van der Waals surface area contributed by atoms with Gasteiger partial charge in [-0.15, -0.1) is 10.2 Å². The van der Waals surface area contributed by atoms with Gasteiger partial charge in [0.2, 0.25) is 5.13 Å². The molecule has 0 aliphatic carbocycles. The zero-order valence-electron chi connectivity index (χ0n) is 10.8. The topological polar surface area (TPSA) is 50.7 Å². The number of benzene rings is 1. The van der Waals surface area contributed by atoms with E-state index in [1.807, 2.05) is 30.3 Å². The SMILES string of the molecule is Clc1ccc(CNc2nnc(-c3ccccn3)s2)c(Cl)c1. The number of anilines is 1. The van der Waals surface area contributed by atoms with E-state index >= 15 is 0 Å². The van der Waals surface area contributed by atoms with Gasteiger partial charge < -0.3 is 5.32 Å².